The van der Waals surface area contributed by atoms with Gasteiger partial charge in [0.25, 0.3) is 0 Å². The van der Waals surface area contributed by atoms with Crippen molar-refractivity contribution < 1.29 is 24.6 Å². The Morgan fingerprint density at radius 2 is 1.83 bits per heavy atom. The minimum atomic E-state index is -2.09. The first-order valence-corrected chi connectivity index (χ1v) is 6.14. The molecule has 1 aliphatic carbocycles. The quantitative estimate of drug-likeness (QED) is 0.692. The molecule has 1 saturated carbocycles. The number of likely N-dealkylation sites (tertiary alicyclic amines) is 1. The Kier molecular flexibility index (Phi) is 3.14. The minimum Gasteiger partial charge on any atom is -0.479 e. The molecule has 1 saturated heterocycles. The van der Waals surface area contributed by atoms with Crippen LogP contribution in [0.25, 0.3) is 0 Å². The van der Waals surface area contributed by atoms with Crippen molar-refractivity contribution >= 4 is 17.8 Å². The van der Waals surface area contributed by atoms with Crippen LogP contribution in [-0.2, 0) is 14.4 Å². The number of piperidine rings is 1. The highest BCUT2D eigenvalue weighted by Gasteiger charge is 2.46. The third kappa shape index (κ3) is 2.12. The van der Waals surface area contributed by atoms with Crippen molar-refractivity contribution in [2.45, 2.75) is 38.2 Å². The Hall–Kier alpha value is -1.43. The number of rotatable bonds is 3. The van der Waals surface area contributed by atoms with Gasteiger partial charge in [0.1, 0.15) is 0 Å². The summed E-state index contributed by atoms with van der Waals surface area (Å²) in [6.07, 6.45) is 2.92. The summed E-state index contributed by atoms with van der Waals surface area (Å²) in [6, 6.07) is 0. The van der Waals surface area contributed by atoms with E-state index < -0.39 is 18.1 Å². The Labute approximate surface area is 105 Å². The van der Waals surface area contributed by atoms with E-state index in [0.29, 0.717) is 6.42 Å². The van der Waals surface area contributed by atoms with E-state index in [1.165, 1.54) is 0 Å². The lowest BCUT2D eigenvalue weighted by Gasteiger charge is -2.40. The van der Waals surface area contributed by atoms with Gasteiger partial charge in [0.15, 0.2) is 5.60 Å². The number of carboxylic acid groups (broad SMARTS) is 1. The summed E-state index contributed by atoms with van der Waals surface area (Å²) >= 11 is 0. The number of β-amino-alcohol motifs (C(OH)–C–C–N with tert-alkyl or cyclic N) is 1. The highest BCUT2D eigenvalue weighted by molar-refractivity contribution is 6.00. The molecule has 6 nitrogen and oxygen atoms in total. The minimum absolute atomic E-state index is 0.189. The molecule has 3 atom stereocenters. The zero-order chi connectivity index (χ0) is 13.5. The smallest absolute Gasteiger partial charge is 0.337 e. The monoisotopic (exact) mass is 255 g/mol. The van der Waals surface area contributed by atoms with E-state index in [2.05, 4.69) is 0 Å². The van der Waals surface area contributed by atoms with E-state index in [4.69, 9.17) is 5.11 Å². The van der Waals surface area contributed by atoms with Crippen molar-refractivity contribution in [3.63, 3.8) is 0 Å². The fraction of sp³-hybridized carbons (Fsp3) is 0.750. The average Bonchev–Trinajstić information content (AvgIpc) is 2.33. The number of fused-ring (bicyclic) bond motifs is 2. The number of amides is 2. The van der Waals surface area contributed by atoms with Gasteiger partial charge >= 0.3 is 5.97 Å². The molecular weight excluding hydrogens is 238 g/mol. The first-order chi connectivity index (χ1) is 8.33. The second-order valence-corrected chi connectivity index (χ2v) is 5.40. The summed E-state index contributed by atoms with van der Waals surface area (Å²) < 4.78 is 0. The molecule has 0 aromatic rings. The van der Waals surface area contributed by atoms with Crippen LogP contribution in [0.4, 0.5) is 0 Å². The Morgan fingerprint density at radius 1 is 1.33 bits per heavy atom. The van der Waals surface area contributed by atoms with E-state index in [-0.39, 0.29) is 23.7 Å². The van der Waals surface area contributed by atoms with Crippen molar-refractivity contribution in [1.29, 1.82) is 0 Å². The highest BCUT2D eigenvalue weighted by atomic mass is 16.4. The highest BCUT2D eigenvalue weighted by Crippen LogP contribution is 2.36. The van der Waals surface area contributed by atoms with Gasteiger partial charge in [-0.25, -0.2) is 4.79 Å². The maximum absolute atomic E-state index is 12.0. The zero-order valence-corrected chi connectivity index (χ0v) is 10.3. The van der Waals surface area contributed by atoms with Gasteiger partial charge in [-0.1, -0.05) is 6.42 Å². The summed E-state index contributed by atoms with van der Waals surface area (Å²) in [4.78, 5) is 35.9. The normalized spacial score (nSPS) is 31.1. The van der Waals surface area contributed by atoms with Gasteiger partial charge in [0.2, 0.25) is 11.8 Å². The molecule has 2 fully saturated rings. The van der Waals surface area contributed by atoms with Crippen LogP contribution >= 0.6 is 0 Å². The molecule has 0 aromatic heterocycles. The number of carbonyl (C=O) groups is 3. The molecule has 2 rings (SSSR count). The van der Waals surface area contributed by atoms with E-state index in [0.717, 1.165) is 31.1 Å². The molecule has 0 radical (unpaired) electrons. The standard InChI is InChI=1S/C12H17NO5/c1-12(18,11(16)17)6-13-9(14)7-3-2-4-8(5-7)10(13)15/h7-8,18H,2-6H2,1H3,(H,16,17). The third-order valence-electron chi connectivity index (χ3n) is 3.83. The molecule has 18 heavy (non-hydrogen) atoms. The third-order valence-corrected chi connectivity index (χ3v) is 3.83. The van der Waals surface area contributed by atoms with Gasteiger partial charge in [-0.05, 0) is 26.2 Å². The number of nitrogens with zero attached hydrogens (tertiary/aromatic N) is 1. The Bertz CT molecular complexity index is 381. The summed E-state index contributed by atoms with van der Waals surface area (Å²) in [5.74, 6) is -2.48. The lowest BCUT2D eigenvalue weighted by atomic mass is 9.76. The van der Waals surface area contributed by atoms with Gasteiger partial charge in [-0.15, -0.1) is 0 Å². The molecule has 0 spiro atoms. The summed E-state index contributed by atoms with van der Waals surface area (Å²) in [7, 11) is 0. The van der Waals surface area contributed by atoms with Crippen molar-refractivity contribution in [1.82, 2.24) is 4.90 Å². The maximum Gasteiger partial charge on any atom is 0.337 e. The van der Waals surface area contributed by atoms with Crippen molar-refractivity contribution in [2.75, 3.05) is 6.54 Å². The lowest BCUT2D eigenvalue weighted by molar-refractivity contribution is -0.168. The number of hydrogen-bond donors (Lipinski definition) is 2. The number of aliphatic carboxylic acids is 1. The van der Waals surface area contributed by atoms with Gasteiger partial charge < -0.3 is 10.2 Å². The molecule has 0 aromatic carbocycles. The predicted molar refractivity (Wildman–Crippen MR) is 60.4 cm³/mol. The summed E-state index contributed by atoms with van der Waals surface area (Å²) in [5, 5.41) is 18.5. The van der Waals surface area contributed by atoms with Crippen LogP contribution in [0.15, 0.2) is 0 Å². The van der Waals surface area contributed by atoms with Crippen molar-refractivity contribution in [3.05, 3.63) is 0 Å². The van der Waals surface area contributed by atoms with Crippen LogP contribution in [0.5, 0.6) is 0 Å². The largest absolute Gasteiger partial charge is 0.479 e. The number of imide groups is 1. The second kappa shape index (κ2) is 4.35. The second-order valence-electron chi connectivity index (χ2n) is 5.40. The Morgan fingerprint density at radius 3 is 2.28 bits per heavy atom. The average molecular weight is 255 g/mol. The molecule has 2 bridgehead atoms. The SMILES string of the molecule is CC(O)(CN1C(=O)C2CCCC(C2)C1=O)C(=O)O. The topological polar surface area (TPSA) is 94.9 Å². The molecule has 3 unspecified atom stereocenters. The van der Waals surface area contributed by atoms with Crippen LogP contribution in [0.1, 0.15) is 32.6 Å². The summed E-state index contributed by atoms with van der Waals surface area (Å²) in [6.45, 7) is 0.632. The predicted octanol–water partition coefficient (Wildman–Crippen LogP) is -0.00280. The fourth-order valence-corrected chi connectivity index (χ4v) is 2.72. The molecule has 1 aliphatic heterocycles. The van der Waals surface area contributed by atoms with Crippen LogP contribution in [-0.4, -0.2) is 45.0 Å². The van der Waals surface area contributed by atoms with Gasteiger partial charge in [-0.2, -0.15) is 0 Å². The number of carbonyl (C=O) groups excluding carboxylic acids is 2. The summed E-state index contributed by atoms with van der Waals surface area (Å²) in [5.41, 5.74) is -2.09. The molecule has 6 heteroatoms. The molecule has 100 valence electrons. The van der Waals surface area contributed by atoms with Crippen LogP contribution in [0.3, 0.4) is 0 Å². The maximum atomic E-state index is 12.0. The lowest BCUT2D eigenvalue weighted by Crippen LogP contribution is -2.57. The van der Waals surface area contributed by atoms with E-state index >= 15 is 0 Å². The van der Waals surface area contributed by atoms with Gasteiger partial charge in [0, 0.05) is 11.8 Å². The van der Waals surface area contributed by atoms with E-state index in [1.807, 2.05) is 0 Å². The van der Waals surface area contributed by atoms with Crippen LogP contribution < -0.4 is 0 Å². The van der Waals surface area contributed by atoms with Gasteiger partial charge in [0.05, 0.1) is 6.54 Å². The van der Waals surface area contributed by atoms with E-state index in [9.17, 15) is 19.5 Å². The fourth-order valence-electron chi connectivity index (χ4n) is 2.72. The molecule has 2 aliphatic rings. The van der Waals surface area contributed by atoms with Gasteiger partial charge in [-0.3, -0.25) is 14.5 Å². The number of hydrogen-bond acceptors (Lipinski definition) is 4. The number of carboxylic acids is 1. The number of aliphatic hydroxyl groups is 1. The first kappa shape index (κ1) is 13.0. The van der Waals surface area contributed by atoms with E-state index in [1.54, 1.807) is 0 Å². The zero-order valence-electron chi connectivity index (χ0n) is 10.3. The first-order valence-electron chi connectivity index (χ1n) is 6.14. The van der Waals surface area contributed by atoms with Crippen LogP contribution in [0, 0.1) is 11.8 Å². The molecule has 1 heterocycles. The Balaban J connectivity index is 2.19. The molecular formula is C12H17NO5. The van der Waals surface area contributed by atoms with Crippen LogP contribution in [0.2, 0.25) is 0 Å². The molecule has 2 amide bonds. The van der Waals surface area contributed by atoms with Crippen molar-refractivity contribution in [3.8, 4) is 0 Å². The molecule has 2 N–H and O–H groups in total. The van der Waals surface area contributed by atoms with Crippen molar-refractivity contribution in [2.24, 2.45) is 11.8 Å².